The molecule has 0 aliphatic rings. The van der Waals surface area contributed by atoms with Gasteiger partial charge in [0.2, 0.25) is 0 Å². The molecule has 3 rings (SSSR count). The number of fused-ring (bicyclic) bond motifs is 1. The number of benzene rings is 1. The quantitative estimate of drug-likeness (QED) is 0.764. The van der Waals surface area contributed by atoms with Gasteiger partial charge in [-0.25, -0.2) is 4.98 Å². The number of nitrogens with one attached hydrogen (secondary N) is 1. The maximum atomic E-state index is 5.68. The molecular formula is C18H24N4. The van der Waals surface area contributed by atoms with Crippen molar-refractivity contribution >= 4 is 10.9 Å². The van der Waals surface area contributed by atoms with Gasteiger partial charge in [-0.05, 0) is 25.5 Å². The third kappa shape index (κ3) is 4.67. The van der Waals surface area contributed by atoms with Crippen LogP contribution in [0.4, 0.5) is 0 Å². The van der Waals surface area contributed by atoms with Gasteiger partial charge in [-0.2, -0.15) is 0 Å². The summed E-state index contributed by atoms with van der Waals surface area (Å²) in [5.74, 6) is 1.06. The van der Waals surface area contributed by atoms with Crippen LogP contribution in [-0.4, -0.2) is 15.0 Å². The fourth-order valence-corrected chi connectivity index (χ4v) is 2.10. The van der Waals surface area contributed by atoms with E-state index < -0.39 is 0 Å². The van der Waals surface area contributed by atoms with Crippen LogP contribution in [0.3, 0.4) is 0 Å². The maximum Gasteiger partial charge on any atom is 0.106 e. The van der Waals surface area contributed by atoms with Crippen LogP contribution in [-0.2, 0) is 6.42 Å². The summed E-state index contributed by atoms with van der Waals surface area (Å²) in [7, 11) is 0. The minimum Gasteiger partial charge on any atom is -0.345 e. The number of H-pyrrole nitrogens is 1. The number of aryl methyl sites for hydroxylation is 1. The Kier molecular flexibility index (Phi) is 6.10. The second-order valence-electron chi connectivity index (χ2n) is 5.37. The van der Waals surface area contributed by atoms with Gasteiger partial charge >= 0.3 is 0 Å². The van der Waals surface area contributed by atoms with E-state index in [0.29, 0.717) is 0 Å². The van der Waals surface area contributed by atoms with Crippen LogP contribution in [0.1, 0.15) is 44.2 Å². The van der Waals surface area contributed by atoms with Gasteiger partial charge in [0, 0.05) is 30.2 Å². The van der Waals surface area contributed by atoms with Gasteiger partial charge in [0.1, 0.15) is 5.82 Å². The number of nitrogens with zero attached hydrogens (tertiary/aromatic N) is 2. The van der Waals surface area contributed by atoms with E-state index in [9.17, 15) is 0 Å². The number of unbranched alkanes of at least 4 members (excludes halogenated alkanes) is 1. The summed E-state index contributed by atoms with van der Waals surface area (Å²) in [6.45, 7) is 4.13. The lowest BCUT2D eigenvalue weighted by molar-refractivity contribution is 0.745. The van der Waals surface area contributed by atoms with Crippen LogP contribution in [0.15, 0.2) is 48.8 Å². The summed E-state index contributed by atoms with van der Waals surface area (Å²) in [5.41, 5.74) is 7.77. The highest BCUT2D eigenvalue weighted by atomic mass is 14.9. The molecular weight excluding hydrogens is 272 g/mol. The van der Waals surface area contributed by atoms with Crippen LogP contribution in [0.2, 0.25) is 0 Å². The van der Waals surface area contributed by atoms with Crippen molar-refractivity contribution in [3.63, 3.8) is 0 Å². The molecule has 0 saturated heterocycles. The summed E-state index contributed by atoms with van der Waals surface area (Å²) >= 11 is 0. The fourth-order valence-electron chi connectivity index (χ4n) is 2.10. The predicted octanol–water partition coefficient (Wildman–Crippen LogP) is 4.01. The molecule has 4 nitrogen and oxygen atoms in total. The number of hydrogen-bond acceptors (Lipinski definition) is 3. The van der Waals surface area contributed by atoms with Crippen molar-refractivity contribution in [2.24, 2.45) is 5.73 Å². The molecule has 0 bridgehead atoms. The van der Waals surface area contributed by atoms with Crippen molar-refractivity contribution in [3.8, 4) is 0 Å². The van der Waals surface area contributed by atoms with E-state index in [2.05, 4.69) is 34.0 Å². The molecule has 0 aliphatic carbocycles. The summed E-state index contributed by atoms with van der Waals surface area (Å²) in [4.78, 5) is 11.6. The Bertz CT molecular complexity index is 623. The number of imidazole rings is 1. The molecule has 116 valence electrons. The highest BCUT2D eigenvalue weighted by molar-refractivity contribution is 5.77. The molecule has 1 atom stereocenters. The van der Waals surface area contributed by atoms with E-state index >= 15 is 0 Å². The van der Waals surface area contributed by atoms with Crippen LogP contribution < -0.4 is 5.73 Å². The molecule has 2 heterocycles. The highest BCUT2D eigenvalue weighted by Gasteiger charge is 2.03. The monoisotopic (exact) mass is 296 g/mol. The van der Waals surface area contributed by atoms with Gasteiger partial charge in [-0.3, -0.25) is 4.98 Å². The topological polar surface area (TPSA) is 67.6 Å². The van der Waals surface area contributed by atoms with Gasteiger partial charge in [-0.15, -0.1) is 0 Å². The largest absolute Gasteiger partial charge is 0.345 e. The summed E-state index contributed by atoms with van der Waals surface area (Å²) in [5, 5.41) is 1.20. The second-order valence-corrected chi connectivity index (χ2v) is 5.37. The number of aromatic amines is 1. The zero-order chi connectivity index (χ0) is 15.8. The first-order chi connectivity index (χ1) is 10.7. The molecule has 0 saturated carbocycles. The number of para-hydroxylation sites is 1. The molecule has 0 amide bonds. The van der Waals surface area contributed by atoms with Crippen LogP contribution >= 0.6 is 0 Å². The molecule has 3 N–H and O–H groups in total. The van der Waals surface area contributed by atoms with E-state index in [1.54, 1.807) is 0 Å². The highest BCUT2D eigenvalue weighted by Crippen LogP contribution is 2.08. The molecule has 3 aromatic rings. The van der Waals surface area contributed by atoms with E-state index in [0.717, 1.165) is 23.5 Å². The minimum atomic E-state index is 0.0628. The zero-order valence-corrected chi connectivity index (χ0v) is 13.3. The van der Waals surface area contributed by atoms with Crippen molar-refractivity contribution in [2.75, 3.05) is 0 Å². The van der Waals surface area contributed by atoms with E-state index in [4.69, 9.17) is 5.73 Å². The molecule has 0 radical (unpaired) electrons. The summed E-state index contributed by atoms with van der Waals surface area (Å²) in [6.07, 6.45) is 7.06. The third-order valence-corrected chi connectivity index (χ3v) is 3.42. The number of pyridine rings is 1. The number of hydrogen-bond donors (Lipinski definition) is 2. The van der Waals surface area contributed by atoms with Crippen LogP contribution in [0.25, 0.3) is 10.9 Å². The van der Waals surface area contributed by atoms with E-state index in [1.807, 2.05) is 43.6 Å². The molecule has 0 spiro atoms. The minimum absolute atomic E-state index is 0.0628. The van der Waals surface area contributed by atoms with Gasteiger partial charge in [0.05, 0.1) is 11.2 Å². The molecule has 2 aromatic heterocycles. The Morgan fingerprint density at radius 3 is 2.59 bits per heavy atom. The molecule has 0 fully saturated rings. The zero-order valence-electron chi connectivity index (χ0n) is 13.3. The average Bonchev–Trinajstić information content (AvgIpc) is 3.03. The number of rotatable bonds is 4. The van der Waals surface area contributed by atoms with Crippen molar-refractivity contribution in [2.45, 2.75) is 39.2 Å². The number of aromatic nitrogens is 3. The SMILES string of the molecule is CCCCc1ncc(C(C)N)[nH]1.c1ccc2ncccc2c1. The Hall–Kier alpha value is -2.20. The smallest absolute Gasteiger partial charge is 0.106 e. The van der Waals surface area contributed by atoms with E-state index in [1.165, 1.54) is 18.2 Å². The van der Waals surface area contributed by atoms with Crippen molar-refractivity contribution in [3.05, 3.63) is 60.3 Å². The van der Waals surface area contributed by atoms with Crippen LogP contribution in [0, 0.1) is 0 Å². The van der Waals surface area contributed by atoms with Crippen molar-refractivity contribution in [1.29, 1.82) is 0 Å². The fraction of sp³-hybridized carbons (Fsp3) is 0.333. The Labute approximate surface area is 131 Å². The van der Waals surface area contributed by atoms with Gasteiger partial charge in [0.25, 0.3) is 0 Å². The second kappa shape index (κ2) is 8.29. The average molecular weight is 296 g/mol. The Balaban J connectivity index is 0.000000162. The lowest BCUT2D eigenvalue weighted by Gasteiger charge is -1.98. The van der Waals surface area contributed by atoms with Gasteiger partial charge in [0.15, 0.2) is 0 Å². The summed E-state index contributed by atoms with van der Waals surface area (Å²) < 4.78 is 0. The third-order valence-electron chi connectivity index (χ3n) is 3.42. The number of nitrogens with two attached hydrogens (primary N) is 1. The molecule has 1 unspecified atom stereocenters. The van der Waals surface area contributed by atoms with Crippen molar-refractivity contribution in [1.82, 2.24) is 15.0 Å². The molecule has 1 aromatic carbocycles. The Morgan fingerprint density at radius 2 is 1.91 bits per heavy atom. The molecule has 0 aliphatic heterocycles. The van der Waals surface area contributed by atoms with Crippen molar-refractivity contribution < 1.29 is 0 Å². The first-order valence-electron chi connectivity index (χ1n) is 7.79. The lowest BCUT2D eigenvalue weighted by atomic mass is 10.2. The lowest BCUT2D eigenvalue weighted by Crippen LogP contribution is -2.05. The predicted molar refractivity (Wildman–Crippen MR) is 91.5 cm³/mol. The first kappa shape index (κ1) is 16.2. The molecule has 4 heteroatoms. The van der Waals surface area contributed by atoms with Gasteiger partial charge in [-0.1, -0.05) is 37.6 Å². The first-order valence-corrected chi connectivity index (χ1v) is 7.79. The van der Waals surface area contributed by atoms with E-state index in [-0.39, 0.29) is 6.04 Å². The Morgan fingerprint density at radius 1 is 1.14 bits per heavy atom. The van der Waals surface area contributed by atoms with Gasteiger partial charge < -0.3 is 10.7 Å². The normalized spacial score (nSPS) is 11.8. The maximum absolute atomic E-state index is 5.68. The van der Waals surface area contributed by atoms with Crippen LogP contribution in [0.5, 0.6) is 0 Å². The molecule has 22 heavy (non-hydrogen) atoms. The summed E-state index contributed by atoms with van der Waals surface area (Å²) in [6, 6.07) is 12.1. The standard InChI is InChI=1S/C9H17N3.C9H7N/c1-3-4-5-9-11-6-8(12-9)7(2)10;1-2-6-9-8(4-1)5-3-7-10-9/h6-7H,3-5,10H2,1-2H3,(H,11,12);1-7H.